The molecule has 7 nitrogen and oxygen atoms in total. The van der Waals surface area contributed by atoms with Crippen molar-refractivity contribution in [2.75, 3.05) is 5.32 Å². The van der Waals surface area contributed by atoms with Crippen molar-refractivity contribution in [3.63, 3.8) is 0 Å². The van der Waals surface area contributed by atoms with Gasteiger partial charge in [-0.2, -0.15) is 5.10 Å². The molecule has 0 unspecified atom stereocenters. The van der Waals surface area contributed by atoms with Gasteiger partial charge in [0.15, 0.2) is 0 Å². The SMILES string of the molecule is Cn1ccc(-c2ncc(CNC(=O)c3ccc4c(c3)NC(=O)c3ccccc3S4)s2)n1. The summed E-state index contributed by atoms with van der Waals surface area (Å²) in [4.78, 5) is 32.4. The summed E-state index contributed by atoms with van der Waals surface area (Å²) in [5, 5.41) is 11.0. The molecule has 2 aromatic heterocycles. The lowest BCUT2D eigenvalue weighted by molar-refractivity contribution is 0.0949. The van der Waals surface area contributed by atoms with Crippen molar-refractivity contribution in [3.05, 3.63) is 76.9 Å². The van der Waals surface area contributed by atoms with E-state index < -0.39 is 0 Å². The van der Waals surface area contributed by atoms with Crippen LogP contribution in [0.5, 0.6) is 0 Å². The number of rotatable bonds is 4. The number of fused-ring (bicyclic) bond motifs is 2. The average molecular weight is 448 g/mol. The third-order valence-corrected chi connectivity index (χ3v) is 6.92. The van der Waals surface area contributed by atoms with Crippen molar-refractivity contribution in [1.29, 1.82) is 0 Å². The number of nitrogens with one attached hydrogen (secondary N) is 2. The molecule has 9 heteroatoms. The Kier molecular flexibility index (Phi) is 5.05. The van der Waals surface area contributed by atoms with E-state index in [0.29, 0.717) is 23.4 Å². The van der Waals surface area contributed by atoms with E-state index in [1.165, 1.54) is 23.1 Å². The average Bonchev–Trinajstić information content (AvgIpc) is 3.39. The lowest BCUT2D eigenvalue weighted by Gasteiger charge is -2.09. The van der Waals surface area contributed by atoms with E-state index in [1.54, 1.807) is 29.1 Å². The van der Waals surface area contributed by atoms with Crippen molar-refractivity contribution in [2.24, 2.45) is 7.05 Å². The number of aryl methyl sites for hydroxylation is 1. The Morgan fingerprint density at radius 1 is 1.16 bits per heavy atom. The molecule has 0 saturated carbocycles. The third-order valence-electron chi connectivity index (χ3n) is 4.75. The Labute approximate surface area is 186 Å². The summed E-state index contributed by atoms with van der Waals surface area (Å²) >= 11 is 3.00. The van der Waals surface area contributed by atoms with Crippen molar-refractivity contribution in [3.8, 4) is 10.7 Å². The van der Waals surface area contributed by atoms with Crippen molar-refractivity contribution >= 4 is 40.6 Å². The van der Waals surface area contributed by atoms with E-state index in [4.69, 9.17) is 0 Å². The fourth-order valence-corrected chi connectivity index (χ4v) is 5.04. The fraction of sp³-hybridized carbons (Fsp3) is 0.0909. The van der Waals surface area contributed by atoms with Crippen LogP contribution in [-0.4, -0.2) is 26.6 Å². The van der Waals surface area contributed by atoms with Gasteiger partial charge in [0.1, 0.15) is 10.7 Å². The van der Waals surface area contributed by atoms with Crippen LogP contribution in [-0.2, 0) is 13.6 Å². The van der Waals surface area contributed by atoms with Crippen LogP contribution in [0, 0.1) is 0 Å². The van der Waals surface area contributed by atoms with Crippen molar-refractivity contribution in [1.82, 2.24) is 20.1 Å². The van der Waals surface area contributed by atoms with E-state index in [1.807, 2.05) is 43.6 Å². The number of carbonyl (C=O) groups is 2. The molecule has 0 aliphatic carbocycles. The standard InChI is InChI=1S/C22H17N5O2S2/c1-27-9-8-16(26-27)22-24-12-14(30-22)11-23-20(28)13-6-7-19-17(10-13)25-21(29)15-4-2-3-5-18(15)31-19/h2-10,12H,11H2,1H3,(H,23,28)(H,25,29). The Morgan fingerprint density at radius 2 is 2.03 bits per heavy atom. The molecule has 0 bridgehead atoms. The van der Waals surface area contributed by atoms with Gasteiger partial charge in [0.25, 0.3) is 11.8 Å². The van der Waals surface area contributed by atoms with E-state index in [-0.39, 0.29) is 11.8 Å². The number of hydrogen-bond donors (Lipinski definition) is 2. The Hall–Kier alpha value is -3.43. The van der Waals surface area contributed by atoms with Gasteiger partial charge in [-0.05, 0) is 36.4 Å². The molecule has 2 N–H and O–H groups in total. The van der Waals surface area contributed by atoms with Crippen LogP contribution in [0.15, 0.2) is 70.7 Å². The number of carbonyl (C=O) groups excluding carboxylic acids is 2. The maximum atomic E-state index is 12.7. The van der Waals surface area contributed by atoms with Gasteiger partial charge in [0.05, 0.1) is 17.8 Å². The molecule has 0 atom stereocenters. The van der Waals surface area contributed by atoms with E-state index in [0.717, 1.165) is 25.4 Å². The smallest absolute Gasteiger partial charge is 0.256 e. The normalized spacial score (nSPS) is 12.5. The molecule has 4 aromatic rings. The second-order valence-corrected chi connectivity index (χ2v) is 9.15. The van der Waals surface area contributed by atoms with E-state index >= 15 is 0 Å². The number of amides is 2. The van der Waals surface area contributed by atoms with Gasteiger partial charge in [-0.25, -0.2) is 4.98 Å². The topological polar surface area (TPSA) is 88.9 Å². The third kappa shape index (κ3) is 3.97. The first-order valence-electron chi connectivity index (χ1n) is 9.52. The van der Waals surface area contributed by atoms with E-state index in [9.17, 15) is 9.59 Å². The highest BCUT2D eigenvalue weighted by atomic mass is 32.2. The number of anilines is 1. The van der Waals surface area contributed by atoms with Gasteiger partial charge in [-0.15, -0.1) is 11.3 Å². The molecule has 31 heavy (non-hydrogen) atoms. The van der Waals surface area contributed by atoms with Crippen LogP contribution >= 0.6 is 23.1 Å². The molecule has 0 spiro atoms. The Balaban J connectivity index is 1.29. The summed E-state index contributed by atoms with van der Waals surface area (Å²) in [7, 11) is 1.86. The van der Waals surface area contributed by atoms with Gasteiger partial charge in [-0.3, -0.25) is 14.3 Å². The second-order valence-electron chi connectivity index (χ2n) is 6.95. The first-order chi connectivity index (χ1) is 15.1. The van der Waals surface area contributed by atoms with Crippen LogP contribution in [0.1, 0.15) is 25.6 Å². The number of nitrogens with zero attached hydrogens (tertiary/aromatic N) is 3. The molecule has 1 aliphatic heterocycles. The highest BCUT2D eigenvalue weighted by Gasteiger charge is 2.20. The first kappa shape index (κ1) is 19.5. The summed E-state index contributed by atoms with van der Waals surface area (Å²) in [6.07, 6.45) is 3.62. The monoisotopic (exact) mass is 447 g/mol. The van der Waals surface area contributed by atoms with Gasteiger partial charge in [0.2, 0.25) is 0 Å². The number of benzene rings is 2. The van der Waals surface area contributed by atoms with Crippen LogP contribution in [0.4, 0.5) is 5.69 Å². The summed E-state index contributed by atoms with van der Waals surface area (Å²) in [6.45, 7) is 0.368. The molecular formula is C22H17N5O2S2. The molecule has 154 valence electrons. The highest BCUT2D eigenvalue weighted by Crippen LogP contribution is 2.39. The Bertz CT molecular complexity index is 1310. The van der Waals surface area contributed by atoms with Gasteiger partial charge in [-0.1, -0.05) is 23.9 Å². The second kappa shape index (κ2) is 8.01. The molecule has 0 saturated heterocycles. The number of thiazole rings is 1. The quantitative estimate of drug-likeness (QED) is 0.490. The van der Waals surface area contributed by atoms with Gasteiger partial charge >= 0.3 is 0 Å². The number of aromatic nitrogens is 3. The zero-order valence-corrected chi connectivity index (χ0v) is 18.1. The van der Waals surface area contributed by atoms with Gasteiger partial charge < -0.3 is 10.6 Å². The fourth-order valence-electron chi connectivity index (χ4n) is 3.22. The summed E-state index contributed by atoms with van der Waals surface area (Å²) in [6, 6.07) is 14.7. The highest BCUT2D eigenvalue weighted by molar-refractivity contribution is 7.99. The Morgan fingerprint density at radius 3 is 2.87 bits per heavy atom. The van der Waals surface area contributed by atoms with Crippen molar-refractivity contribution in [2.45, 2.75) is 16.3 Å². The lowest BCUT2D eigenvalue weighted by Crippen LogP contribution is -2.22. The molecule has 1 aliphatic rings. The summed E-state index contributed by atoms with van der Waals surface area (Å²) < 4.78 is 1.73. The van der Waals surface area contributed by atoms with E-state index in [2.05, 4.69) is 20.7 Å². The van der Waals surface area contributed by atoms with Crippen LogP contribution < -0.4 is 10.6 Å². The predicted molar refractivity (Wildman–Crippen MR) is 120 cm³/mol. The van der Waals surface area contributed by atoms with Crippen LogP contribution in [0.3, 0.4) is 0 Å². The first-order valence-corrected chi connectivity index (χ1v) is 11.2. The summed E-state index contributed by atoms with van der Waals surface area (Å²) in [5.74, 6) is -0.386. The minimum absolute atomic E-state index is 0.175. The molecule has 0 radical (unpaired) electrons. The largest absolute Gasteiger partial charge is 0.347 e. The maximum absolute atomic E-state index is 12.7. The zero-order valence-electron chi connectivity index (χ0n) is 16.5. The molecule has 5 rings (SSSR count). The lowest BCUT2D eigenvalue weighted by atomic mass is 10.1. The van der Waals surface area contributed by atoms with Crippen LogP contribution in [0.25, 0.3) is 10.7 Å². The molecule has 0 fully saturated rings. The summed E-state index contributed by atoms with van der Waals surface area (Å²) in [5.41, 5.74) is 2.56. The van der Waals surface area contributed by atoms with Gasteiger partial charge in [0, 0.05) is 39.7 Å². The molecule has 3 heterocycles. The number of hydrogen-bond acceptors (Lipinski definition) is 6. The minimum atomic E-state index is -0.211. The zero-order chi connectivity index (χ0) is 21.4. The van der Waals surface area contributed by atoms with Crippen LogP contribution in [0.2, 0.25) is 0 Å². The minimum Gasteiger partial charge on any atom is -0.347 e. The predicted octanol–water partition coefficient (Wildman–Crippen LogP) is 4.19. The molecule has 2 aromatic carbocycles. The molecule has 2 amide bonds. The maximum Gasteiger partial charge on any atom is 0.256 e. The van der Waals surface area contributed by atoms with Crippen molar-refractivity contribution < 1.29 is 9.59 Å². The molecular weight excluding hydrogens is 430 g/mol.